The topological polar surface area (TPSA) is 57.6 Å². The normalized spacial score (nSPS) is 16.4. The molecule has 4 rings (SSSR count). The SMILES string of the molecule is CN(C)c1ccc(/C=C2\SC(=Nc3nc(-c4ccc(Cl)cc4)cs3)NC2=O)cc1. The lowest BCUT2D eigenvalue weighted by Crippen LogP contribution is -2.19. The molecule has 0 atom stereocenters. The van der Waals surface area contributed by atoms with Crippen molar-refractivity contribution in [1.29, 1.82) is 0 Å². The van der Waals surface area contributed by atoms with E-state index >= 15 is 0 Å². The van der Waals surface area contributed by atoms with Gasteiger partial charge in [0.25, 0.3) is 5.91 Å². The van der Waals surface area contributed by atoms with E-state index in [1.165, 1.54) is 23.1 Å². The molecule has 0 spiro atoms. The minimum atomic E-state index is -0.153. The fraction of sp³-hybridized carbons (Fsp3) is 0.0952. The maximum Gasteiger partial charge on any atom is 0.264 e. The van der Waals surface area contributed by atoms with E-state index in [1.54, 1.807) is 0 Å². The molecule has 146 valence electrons. The van der Waals surface area contributed by atoms with Crippen molar-refractivity contribution in [1.82, 2.24) is 10.3 Å². The van der Waals surface area contributed by atoms with Crippen LogP contribution in [0.1, 0.15) is 5.56 Å². The third kappa shape index (κ3) is 4.70. The van der Waals surface area contributed by atoms with E-state index in [0.717, 1.165) is 22.5 Å². The Bertz CT molecular complexity index is 1100. The van der Waals surface area contributed by atoms with Crippen LogP contribution >= 0.6 is 34.7 Å². The number of amidine groups is 1. The molecule has 0 unspecified atom stereocenters. The molecule has 0 aliphatic carbocycles. The van der Waals surface area contributed by atoms with Gasteiger partial charge in [0.15, 0.2) is 5.17 Å². The van der Waals surface area contributed by atoms with Crippen molar-refractivity contribution >= 4 is 62.7 Å². The number of halogens is 1. The van der Waals surface area contributed by atoms with Crippen molar-refractivity contribution in [2.24, 2.45) is 4.99 Å². The van der Waals surface area contributed by atoms with E-state index in [2.05, 4.69) is 15.3 Å². The lowest BCUT2D eigenvalue weighted by atomic mass is 10.2. The Balaban J connectivity index is 1.50. The summed E-state index contributed by atoms with van der Waals surface area (Å²) < 4.78 is 0. The summed E-state index contributed by atoms with van der Waals surface area (Å²) in [6.07, 6.45) is 1.86. The smallest absolute Gasteiger partial charge is 0.264 e. The number of hydrogen-bond donors (Lipinski definition) is 1. The fourth-order valence-electron chi connectivity index (χ4n) is 2.66. The lowest BCUT2D eigenvalue weighted by Gasteiger charge is -2.11. The maximum atomic E-state index is 12.3. The van der Waals surface area contributed by atoms with Crippen molar-refractivity contribution in [2.45, 2.75) is 0 Å². The van der Waals surface area contributed by atoms with Gasteiger partial charge in [0.2, 0.25) is 5.13 Å². The molecule has 2 heterocycles. The van der Waals surface area contributed by atoms with E-state index < -0.39 is 0 Å². The van der Waals surface area contributed by atoms with Crippen LogP contribution in [0, 0.1) is 0 Å². The fourth-order valence-corrected chi connectivity index (χ4v) is 4.36. The summed E-state index contributed by atoms with van der Waals surface area (Å²) in [4.78, 5) is 24.0. The van der Waals surface area contributed by atoms with Crippen molar-refractivity contribution in [3.8, 4) is 11.3 Å². The molecule has 1 saturated heterocycles. The summed E-state index contributed by atoms with van der Waals surface area (Å²) in [5.41, 5.74) is 3.88. The number of thiazole rings is 1. The summed E-state index contributed by atoms with van der Waals surface area (Å²) in [6.45, 7) is 0. The molecule has 1 amide bonds. The maximum absolute atomic E-state index is 12.3. The summed E-state index contributed by atoms with van der Waals surface area (Å²) in [6, 6.07) is 15.5. The summed E-state index contributed by atoms with van der Waals surface area (Å²) in [7, 11) is 3.99. The predicted molar refractivity (Wildman–Crippen MR) is 124 cm³/mol. The number of hydrogen-bond acceptors (Lipinski definition) is 6. The second-order valence-electron chi connectivity index (χ2n) is 6.49. The molecule has 8 heteroatoms. The first kappa shape index (κ1) is 19.7. The molecule has 1 aliphatic heterocycles. The van der Waals surface area contributed by atoms with Gasteiger partial charge in [-0.15, -0.1) is 11.3 Å². The van der Waals surface area contributed by atoms with Gasteiger partial charge in [-0.05, 0) is 47.7 Å². The molecular formula is C21H17ClN4OS2. The quantitative estimate of drug-likeness (QED) is 0.550. The second-order valence-corrected chi connectivity index (χ2v) is 8.79. The highest BCUT2D eigenvalue weighted by Crippen LogP contribution is 2.31. The molecule has 3 aromatic rings. The van der Waals surface area contributed by atoms with E-state index in [-0.39, 0.29) is 5.91 Å². The Labute approximate surface area is 182 Å². The zero-order valence-corrected chi connectivity index (χ0v) is 18.1. The van der Waals surface area contributed by atoms with Gasteiger partial charge in [-0.3, -0.25) is 4.79 Å². The standard InChI is InChI=1S/C21H17ClN4OS2/c1-26(2)16-9-3-13(4-10-16)11-18-19(27)24-21(29-18)25-20-23-17(12-28-20)14-5-7-15(22)8-6-14/h3-12H,1-2H3,(H,23,24,25,27)/b18-11-. The zero-order chi connectivity index (χ0) is 20.4. The minimum Gasteiger partial charge on any atom is -0.378 e. The molecule has 0 saturated carbocycles. The van der Waals surface area contributed by atoms with Crippen LogP contribution in [0.2, 0.25) is 5.02 Å². The van der Waals surface area contributed by atoms with Gasteiger partial charge >= 0.3 is 0 Å². The summed E-state index contributed by atoms with van der Waals surface area (Å²) >= 11 is 8.68. The number of nitrogens with one attached hydrogen (secondary N) is 1. The van der Waals surface area contributed by atoms with Crippen molar-refractivity contribution in [3.05, 3.63) is 69.4 Å². The number of amides is 1. The Morgan fingerprint density at radius 1 is 1.10 bits per heavy atom. The first-order valence-electron chi connectivity index (χ1n) is 8.76. The average Bonchev–Trinajstić information content (AvgIpc) is 3.30. The molecule has 1 N–H and O–H groups in total. The molecule has 1 aromatic heterocycles. The van der Waals surface area contributed by atoms with Gasteiger partial charge in [0.1, 0.15) is 0 Å². The van der Waals surface area contributed by atoms with Gasteiger partial charge in [-0.25, -0.2) is 4.98 Å². The number of anilines is 1. The Hall–Kier alpha value is -2.61. The van der Waals surface area contributed by atoms with E-state index in [0.29, 0.717) is 20.2 Å². The van der Waals surface area contributed by atoms with Gasteiger partial charge in [0, 0.05) is 35.7 Å². The third-order valence-electron chi connectivity index (χ3n) is 4.19. The lowest BCUT2D eigenvalue weighted by molar-refractivity contribution is -0.115. The number of benzene rings is 2. The second kappa shape index (κ2) is 8.41. The molecule has 5 nitrogen and oxygen atoms in total. The van der Waals surface area contributed by atoms with Gasteiger partial charge in [-0.1, -0.05) is 35.9 Å². The van der Waals surface area contributed by atoms with Crippen LogP contribution in [0.25, 0.3) is 17.3 Å². The largest absolute Gasteiger partial charge is 0.378 e. The number of carbonyl (C=O) groups is 1. The predicted octanol–water partition coefficient (Wildman–Crippen LogP) is 5.42. The third-order valence-corrected chi connectivity index (χ3v) is 6.08. The highest BCUT2D eigenvalue weighted by molar-refractivity contribution is 8.18. The van der Waals surface area contributed by atoms with Gasteiger partial charge < -0.3 is 10.2 Å². The number of nitrogens with zero attached hydrogens (tertiary/aromatic N) is 3. The van der Waals surface area contributed by atoms with Crippen LogP contribution in [0.15, 0.2) is 63.8 Å². The monoisotopic (exact) mass is 440 g/mol. The van der Waals surface area contributed by atoms with E-state index in [1.807, 2.05) is 79.0 Å². The molecule has 29 heavy (non-hydrogen) atoms. The van der Waals surface area contributed by atoms with Crippen LogP contribution in [0.5, 0.6) is 0 Å². The number of thioether (sulfide) groups is 1. The highest BCUT2D eigenvalue weighted by Gasteiger charge is 2.24. The Morgan fingerprint density at radius 2 is 1.83 bits per heavy atom. The summed E-state index contributed by atoms with van der Waals surface area (Å²) in [5.74, 6) is -0.153. The summed E-state index contributed by atoms with van der Waals surface area (Å²) in [5, 5.41) is 6.55. The van der Waals surface area contributed by atoms with E-state index in [9.17, 15) is 4.79 Å². The van der Waals surface area contributed by atoms with Crippen molar-refractivity contribution in [2.75, 3.05) is 19.0 Å². The zero-order valence-electron chi connectivity index (χ0n) is 15.7. The number of carbonyl (C=O) groups excluding carboxylic acids is 1. The van der Waals surface area contributed by atoms with Crippen molar-refractivity contribution in [3.63, 3.8) is 0 Å². The number of rotatable bonds is 4. The van der Waals surface area contributed by atoms with Crippen LogP contribution in [0.3, 0.4) is 0 Å². The van der Waals surface area contributed by atoms with Crippen LogP contribution in [-0.4, -0.2) is 30.2 Å². The van der Waals surface area contributed by atoms with Crippen molar-refractivity contribution < 1.29 is 4.79 Å². The van der Waals surface area contributed by atoms with Crippen LogP contribution < -0.4 is 10.2 Å². The van der Waals surface area contributed by atoms with Gasteiger partial charge in [-0.2, -0.15) is 4.99 Å². The Morgan fingerprint density at radius 3 is 2.52 bits per heavy atom. The molecule has 0 bridgehead atoms. The molecule has 1 aliphatic rings. The van der Waals surface area contributed by atoms with E-state index in [4.69, 9.17) is 11.6 Å². The van der Waals surface area contributed by atoms with Crippen LogP contribution in [-0.2, 0) is 4.79 Å². The molecule has 2 aromatic carbocycles. The Kier molecular flexibility index (Phi) is 5.71. The molecule has 0 radical (unpaired) electrons. The first-order chi connectivity index (χ1) is 14.0. The van der Waals surface area contributed by atoms with Gasteiger partial charge in [0.05, 0.1) is 10.6 Å². The molecular weight excluding hydrogens is 424 g/mol. The highest BCUT2D eigenvalue weighted by atomic mass is 35.5. The number of aromatic nitrogens is 1. The van der Waals surface area contributed by atoms with Crippen LogP contribution in [0.4, 0.5) is 10.8 Å². The molecule has 1 fully saturated rings. The average molecular weight is 441 g/mol. The first-order valence-corrected chi connectivity index (χ1v) is 10.8. The number of aliphatic imine (C=N–C) groups is 1. The minimum absolute atomic E-state index is 0.153.